The van der Waals surface area contributed by atoms with Gasteiger partial charge >= 0.3 is 5.69 Å². The second kappa shape index (κ2) is 7.19. The van der Waals surface area contributed by atoms with E-state index in [4.69, 9.17) is 14.2 Å². The molecule has 4 atom stereocenters. The molecular formula is C14H22N2O6. The topological polar surface area (TPSA) is 103 Å². The number of nitrogens with one attached hydrogen (secondary N) is 1. The molecule has 0 aliphatic carbocycles. The van der Waals surface area contributed by atoms with Gasteiger partial charge in [-0.1, -0.05) is 0 Å². The van der Waals surface area contributed by atoms with Crippen LogP contribution < -0.4 is 11.2 Å². The first-order valence-electron chi connectivity index (χ1n) is 7.31. The first-order chi connectivity index (χ1) is 10.5. The van der Waals surface area contributed by atoms with Crippen LogP contribution in [-0.4, -0.2) is 46.4 Å². The van der Waals surface area contributed by atoms with E-state index in [1.165, 1.54) is 10.8 Å². The van der Waals surface area contributed by atoms with E-state index >= 15 is 0 Å². The van der Waals surface area contributed by atoms with Crippen molar-refractivity contribution in [2.75, 3.05) is 13.2 Å². The van der Waals surface area contributed by atoms with Crippen molar-refractivity contribution in [2.45, 2.75) is 51.9 Å². The van der Waals surface area contributed by atoms with E-state index < -0.39 is 36.0 Å². The Hall–Kier alpha value is -1.48. The minimum Gasteiger partial charge on any atom is -0.394 e. The molecule has 0 amide bonds. The van der Waals surface area contributed by atoms with Gasteiger partial charge < -0.3 is 19.3 Å². The molecule has 1 aliphatic heterocycles. The van der Waals surface area contributed by atoms with Gasteiger partial charge in [-0.2, -0.15) is 0 Å². The summed E-state index contributed by atoms with van der Waals surface area (Å²) < 4.78 is 18.0. The molecule has 2 rings (SSSR count). The fourth-order valence-corrected chi connectivity index (χ4v) is 2.50. The van der Waals surface area contributed by atoms with Gasteiger partial charge in [-0.25, -0.2) is 4.79 Å². The van der Waals surface area contributed by atoms with Crippen LogP contribution in [-0.2, 0) is 14.2 Å². The van der Waals surface area contributed by atoms with Crippen molar-refractivity contribution >= 4 is 0 Å². The summed E-state index contributed by atoms with van der Waals surface area (Å²) in [5.41, 5.74) is -0.553. The van der Waals surface area contributed by atoms with Crippen LogP contribution in [0.2, 0.25) is 0 Å². The third-order valence-electron chi connectivity index (χ3n) is 3.58. The minimum atomic E-state index is -0.598. The molecule has 8 heteroatoms. The summed E-state index contributed by atoms with van der Waals surface area (Å²) in [5, 5.41) is 9.42. The largest absolute Gasteiger partial charge is 0.394 e. The maximum absolute atomic E-state index is 11.9. The molecule has 8 nitrogen and oxygen atoms in total. The Morgan fingerprint density at radius 1 is 1.55 bits per heavy atom. The Morgan fingerprint density at radius 2 is 2.27 bits per heavy atom. The standard InChI is InChI=1S/C14H22N2O6/c1-4-20-9(3)21-10-5-12(22-11(10)7-17)16-6-8(2)13(18)15-14(16)19/h6,9-12,17H,4-5,7H2,1-3H3,(H,15,18,19)/t9-,10?,11-,12-/m1/s1. The molecule has 1 fully saturated rings. The van der Waals surface area contributed by atoms with Crippen molar-refractivity contribution in [2.24, 2.45) is 0 Å². The highest BCUT2D eigenvalue weighted by Gasteiger charge is 2.38. The van der Waals surface area contributed by atoms with Crippen molar-refractivity contribution in [3.63, 3.8) is 0 Å². The van der Waals surface area contributed by atoms with Crippen molar-refractivity contribution < 1.29 is 19.3 Å². The molecule has 2 N–H and O–H groups in total. The predicted molar refractivity (Wildman–Crippen MR) is 77.6 cm³/mol. The van der Waals surface area contributed by atoms with Crippen LogP contribution in [0, 0.1) is 6.92 Å². The third-order valence-corrected chi connectivity index (χ3v) is 3.58. The van der Waals surface area contributed by atoms with E-state index in [1.807, 2.05) is 6.92 Å². The van der Waals surface area contributed by atoms with E-state index in [1.54, 1.807) is 13.8 Å². The number of nitrogens with zero attached hydrogens (tertiary/aromatic N) is 1. The Balaban J connectivity index is 2.16. The predicted octanol–water partition coefficient (Wildman–Crippen LogP) is -0.107. The Bertz CT molecular complexity index is 610. The summed E-state index contributed by atoms with van der Waals surface area (Å²) in [4.78, 5) is 25.6. The van der Waals surface area contributed by atoms with Gasteiger partial charge in [0, 0.05) is 24.8 Å². The lowest BCUT2D eigenvalue weighted by molar-refractivity contribution is -0.172. The quantitative estimate of drug-likeness (QED) is 0.710. The zero-order valence-corrected chi connectivity index (χ0v) is 12.9. The van der Waals surface area contributed by atoms with Crippen molar-refractivity contribution in [1.29, 1.82) is 0 Å². The first kappa shape index (κ1) is 16.9. The number of hydrogen-bond acceptors (Lipinski definition) is 6. The molecule has 2 heterocycles. The molecule has 0 bridgehead atoms. The summed E-state index contributed by atoms with van der Waals surface area (Å²) in [7, 11) is 0. The fourth-order valence-electron chi connectivity index (χ4n) is 2.50. The molecular weight excluding hydrogens is 292 g/mol. The van der Waals surface area contributed by atoms with Gasteiger partial charge in [-0.05, 0) is 20.8 Å². The second-order valence-corrected chi connectivity index (χ2v) is 5.22. The number of aromatic amines is 1. The van der Waals surface area contributed by atoms with Crippen molar-refractivity contribution in [1.82, 2.24) is 9.55 Å². The zero-order chi connectivity index (χ0) is 16.3. The molecule has 1 aromatic rings. The van der Waals surface area contributed by atoms with E-state index in [-0.39, 0.29) is 6.61 Å². The molecule has 0 saturated carbocycles. The Labute approximate surface area is 127 Å². The first-order valence-corrected chi connectivity index (χ1v) is 7.31. The number of aliphatic hydroxyl groups excluding tert-OH is 1. The van der Waals surface area contributed by atoms with Gasteiger partial charge in [0.05, 0.1) is 12.7 Å². The van der Waals surface area contributed by atoms with E-state index in [0.29, 0.717) is 18.6 Å². The average Bonchev–Trinajstić information content (AvgIpc) is 2.85. The van der Waals surface area contributed by atoms with Crippen LogP contribution in [0.5, 0.6) is 0 Å². The number of aryl methyl sites for hydroxylation is 1. The number of ether oxygens (including phenoxy) is 3. The normalized spacial score (nSPS) is 26.3. The van der Waals surface area contributed by atoms with E-state index in [2.05, 4.69) is 4.98 Å². The molecule has 0 aromatic carbocycles. The van der Waals surface area contributed by atoms with Gasteiger partial charge in [-0.15, -0.1) is 0 Å². The van der Waals surface area contributed by atoms with E-state index in [0.717, 1.165) is 0 Å². The third kappa shape index (κ3) is 3.64. The number of rotatable bonds is 6. The SMILES string of the molecule is CCO[C@@H](C)OC1C[C@H](n2cc(C)c(=O)[nH]c2=O)O[C@@H]1CO. The van der Waals surface area contributed by atoms with Gasteiger partial charge in [0.2, 0.25) is 0 Å². The van der Waals surface area contributed by atoms with Crippen LogP contribution in [0.25, 0.3) is 0 Å². The summed E-state index contributed by atoms with van der Waals surface area (Å²) >= 11 is 0. The fraction of sp³-hybridized carbons (Fsp3) is 0.714. The molecule has 124 valence electrons. The maximum Gasteiger partial charge on any atom is 0.330 e. The van der Waals surface area contributed by atoms with Crippen molar-refractivity contribution in [3.8, 4) is 0 Å². The second-order valence-electron chi connectivity index (χ2n) is 5.22. The average molecular weight is 314 g/mol. The van der Waals surface area contributed by atoms with E-state index in [9.17, 15) is 14.7 Å². The van der Waals surface area contributed by atoms with Crippen LogP contribution >= 0.6 is 0 Å². The highest BCUT2D eigenvalue weighted by Crippen LogP contribution is 2.30. The summed E-state index contributed by atoms with van der Waals surface area (Å²) in [6, 6.07) is 0. The molecule has 1 aromatic heterocycles. The Kier molecular flexibility index (Phi) is 5.52. The summed E-state index contributed by atoms with van der Waals surface area (Å²) in [6.45, 7) is 5.53. The summed E-state index contributed by atoms with van der Waals surface area (Å²) in [6.07, 6.45) is -0.134. The number of aliphatic hydroxyl groups is 1. The molecule has 0 spiro atoms. The monoisotopic (exact) mass is 314 g/mol. The van der Waals surface area contributed by atoms with Gasteiger partial charge in [0.15, 0.2) is 6.29 Å². The lowest BCUT2D eigenvalue weighted by Crippen LogP contribution is -2.33. The maximum atomic E-state index is 11.9. The smallest absolute Gasteiger partial charge is 0.330 e. The zero-order valence-electron chi connectivity index (χ0n) is 12.9. The van der Waals surface area contributed by atoms with Crippen LogP contribution in [0.3, 0.4) is 0 Å². The number of hydrogen-bond donors (Lipinski definition) is 2. The molecule has 22 heavy (non-hydrogen) atoms. The molecule has 1 unspecified atom stereocenters. The molecule has 1 saturated heterocycles. The lowest BCUT2D eigenvalue weighted by Gasteiger charge is -2.21. The van der Waals surface area contributed by atoms with Crippen LogP contribution in [0.4, 0.5) is 0 Å². The van der Waals surface area contributed by atoms with Crippen molar-refractivity contribution in [3.05, 3.63) is 32.6 Å². The Morgan fingerprint density at radius 3 is 2.91 bits per heavy atom. The molecule has 1 aliphatic rings. The van der Waals surface area contributed by atoms with Crippen LogP contribution in [0.1, 0.15) is 32.1 Å². The lowest BCUT2D eigenvalue weighted by atomic mass is 10.2. The van der Waals surface area contributed by atoms with Crippen LogP contribution in [0.15, 0.2) is 15.8 Å². The highest BCUT2D eigenvalue weighted by atomic mass is 16.7. The highest BCUT2D eigenvalue weighted by molar-refractivity contribution is 5.02. The number of aromatic nitrogens is 2. The molecule has 0 radical (unpaired) electrons. The minimum absolute atomic E-state index is 0.225. The van der Waals surface area contributed by atoms with Gasteiger partial charge in [0.1, 0.15) is 12.3 Å². The van der Waals surface area contributed by atoms with Gasteiger partial charge in [-0.3, -0.25) is 14.3 Å². The number of H-pyrrole nitrogens is 1. The van der Waals surface area contributed by atoms with Gasteiger partial charge in [0.25, 0.3) is 5.56 Å². The summed E-state index contributed by atoms with van der Waals surface area (Å²) in [5.74, 6) is 0.